The molecule has 2 unspecified atom stereocenters. The molecule has 0 saturated carbocycles. The number of carbonyl (C=O) groups excluding carboxylic acids is 1. The number of nitrogens with zero attached hydrogens (tertiary/aromatic N) is 3. The summed E-state index contributed by atoms with van der Waals surface area (Å²) in [6, 6.07) is 13.3. The summed E-state index contributed by atoms with van der Waals surface area (Å²) in [6.07, 6.45) is 5.67. The molecule has 5 rings (SSSR count). The maximum Gasteiger partial charge on any atom is 0.305 e. The van der Waals surface area contributed by atoms with Gasteiger partial charge >= 0.3 is 5.97 Å². The van der Waals surface area contributed by atoms with Crippen molar-refractivity contribution in [3.63, 3.8) is 0 Å². The van der Waals surface area contributed by atoms with Gasteiger partial charge in [-0.15, -0.1) is 0 Å². The number of amides is 1. The van der Waals surface area contributed by atoms with E-state index in [1.807, 2.05) is 42.5 Å². The topological polar surface area (TPSA) is 92.6 Å². The predicted molar refractivity (Wildman–Crippen MR) is 123 cm³/mol. The van der Waals surface area contributed by atoms with Gasteiger partial charge in [-0.05, 0) is 67.1 Å². The Balaban J connectivity index is 1.24. The Kier molecular flexibility index (Phi) is 5.94. The number of carboxylic acids is 1. The van der Waals surface area contributed by atoms with Crippen LogP contribution in [-0.2, 0) is 22.4 Å². The number of carboxylic acid groups (broad SMARTS) is 1. The Bertz CT molecular complexity index is 1200. The van der Waals surface area contributed by atoms with Crippen molar-refractivity contribution in [1.82, 2.24) is 14.9 Å². The Morgan fingerprint density at radius 3 is 3.03 bits per heavy atom. The summed E-state index contributed by atoms with van der Waals surface area (Å²) in [4.78, 5) is 35.5. The fourth-order valence-electron chi connectivity index (χ4n) is 4.96. The van der Waals surface area contributed by atoms with Crippen LogP contribution in [0.4, 0.5) is 0 Å². The number of carbonyl (C=O) groups is 2. The van der Waals surface area contributed by atoms with Crippen LogP contribution in [0.25, 0.3) is 11.0 Å². The first-order chi connectivity index (χ1) is 16.1. The maximum atomic E-state index is 13.2. The third-order valence-electron chi connectivity index (χ3n) is 6.71. The molecule has 0 bridgehead atoms. The molecule has 7 nitrogen and oxygen atoms in total. The van der Waals surface area contributed by atoms with Crippen molar-refractivity contribution in [2.75, 3.05) is 13.2 Å². The van der Waals surface area contributed by atoms with Gasteiger partial charge in [0.25, 0.3) is 0 Å². The van der Waals surface area contributed by atoms with Gasteiger partial charge in [-0.3, -0.25) is 9.59 Å². The lowest BCUT2D eigenvalue weighted by Gasteiger charge is -2.28. The number of rotatable bonds is 8. The predicted octanol–water partition coefficient (Wildman–Crippen LogP) is 3.95. The lowest BCUT2D eigenvalue weighted by Crippen LogP contribution is -2.33. The zero-order chi connectivity index (χ0) is 22.8. The SMILES string of the molecule is O=C(O)CC(c1ccc2c(c1)OCC2)N1CCC(CCCc2ccc3cccnc3n2)C1=O. The van der Waals surface area contributed by atoms with Crippen molar-refractivity contribution in [3.05, 3.63) is 65.5 Å². The van der Waals surface area contributed by atoms with E-state index in [1.54, 1.807) is 11.1 Å². The van der Waals surface area contributed by atoms with E-state index in [0.29, 0.717) is 13.2 Å². The molecular formula is C26H27N3O4. The second-order valence-corrected chi connectivity index (χ2v) is 8.84. The first-order valence-electron chi connectivity index (χ1n) is 11.6. The number of aryl methyl sites for hydroxylation is 1. The Hall–Kier alpha value is -3.48. The molecule has 170 valence electrons. The fraction of sp³-hybridized carbons (Fsp3) is 0.385. The van der Waals surface area contributed by atoms with Gasteiger partial charge in [0.1, 0.15) is 5.75 Å². The highest BCUT2D eigenvalue weighted by Crippen LogP contribution is 2.36. The van der Waals surface area contributed by atoms with Crippen LogP contribution in [0, 0.1) is 5.92 Å². The molecule has 1 aromatic carbocycles. The second-order valence-electron chi connectivity index (χ2n) is 8.84. The van der Waals surface area contributed by atoms with E-state index in [-0.39, 0.29) is 18.2 Å². The molecule has 4 heterocycles. The molecule has 2 aliphatic rings. The summed E-state index contributed by atoms with van der Waals surface area (Å²) < 4.78 is 5.67. The van der Waals surface area contributed by atoms with Crippen LogP contribution >= 0.6 is 0 Å². The minimum Gasteiger partial charge on any atom is -0.493 e. The number of aliphatic carboxylic acids is 1. The molecule has 0 aliphatic carbocycles. The fourth-order valence-corrected chi connectivity index (χ4v) is 4.96. The van der Waals surface area contributed by atoms with Gasteiger partial charge in [-0.2, -0.15) is 0 Å². The van der Waals surface area contributed by atoms with Crippen LogP contribution in [0.5, 0.6) is 5.75 Å². The third-order valence-corrected chi connectivity index (χ3v) is 6.71. The normalized spacial score (nSPS) is 18.4. The van der Waals surface area contributed by atoms with E-state index in [0.717, 1.165) is 65.7 Å². The zero-order valence-electron chi connectivity index (χ0n) is 18.4. The molecule has 2 aromatic heterocycles. The quantitative estimate of drug-likeness (QED) is 0.564. The largest absolute Gasteiger partial charge is 0.493 e. The Labute approximate surface area is 192 Å². The van der Waals surface area contributed by atoms with E-state index in [9.17, 15) is 14.7 Å². The molecule has 0 spiro atoms. The molecule has 2 aliphatic heterocycles. The summed E-state index contributed by atoms with van der Waals surface area (Å²) >= 11 is 0. The molecule has 33 heavy (non-hydrogen) atoms. The molecule has 1 saturated heterocycles. The number of pyridine rings is 2. The van der Waals surface area contributed by atoms with Crippen LogP contribution < -0.4 is 4.74 Å². The van der Waals surface area contributed by atoms with E-state index in [2.05, 4.69) is 9.97 Å². The average Bonchev–Trinajstić information content (AvgIpc) is 3.43. The summed E-state index contributed by atoms with van der Waals surface area (Å²) in [5, 5.41) is 10.5. The summed E-state index contributed by atoms with van der Waals surface area (Å²) in [6.45, 7) is 1.23. The lowest BCUT2D eigenvalue weighted by atomic mass is 9.98. The van der Waals surface area contributed by atoms with E-state index < -0.39 is 12.0 Å². The van der Waals surface area contributed by atoms with Crippen molar-refractivity contribution in [2.24, 2.45) is 5.92 Å². The van der Waals surface area contributed by atoms with Crippen LogP contribution in [0.3, 0.4) is 0 Å². The summed E-state index contributed by atoms with van der Waals surface area (Å²) in [5.74, 6) is -0.126. The summed E-state index contributed by atoms with van der Waals surface area (Å²) in [7, 11) is 0. The minimum atomic E-state index is -0.909. The second kappa shape index (κ2) is 9.17. The summed E-state index contributed by atoms with van der Waals surface area (Å²) in [5.41, 5.74) is 3.69. The highest BCUT2D eigenvalue weighted by molar-refractivity contribution is 5.82. The first-order valence-corrected chi connectivity index (χ1v) is 11.6. The van der Waals surface area contributed by atoms with Gasteiger partial charge in [0.15, 0.2) is 5.65 Å². The van der Waals surface area contributed by atoms with Crippen LogP contribution in [0.1, 0.15) is 48.5 Å². The average molecular weight is 446 g/mol. The van der Waals surface area contributed by atoms with Crippen molar-refractivity contribution in [1.29, 1.82) is 0 Å². The first kappa shape index (κ1) is 21.4. The highest BCUT2D eigenvalue weighted by Gasteiger charge is 2.37. The highest BCUT2D eigenvalue weighted by atomic mass is 16.5. The van der Waals surface area contributed by atoms with Crippen molar-refractivity contribution in [2.45, 2.75) is 44.6 Å². The van der Waals surface area contributed by atoms with Crippen LogP contribution in [-0.4, -0.2) is 45.0 Å². The minimum absolute atomic E-state index is 0.0517. The molecule has 0 radical (unpaired) electrons. The molecule has 1 N–H and O–H groups in total. The van der Waals surface area contributed by atoms with Gasteiger partial charge in [0.2, 0.25) is 5.91 Å². The van der Waals surface area contributed by atoms with E-state index in [4.69, 9.17) is 4.74 Å². The van der Waals surface area contributed by atoms with Crippen molar-refractivity contribution in [3.8, 4) is 5.75 Å². The van der Waals surface area contributed by atoms with Crippen LogP contribution in [0.2, 0.25) is 0 Å². The van der Waals surface area contributed by atoms with E-state index >= 15 is 0 Å². The van der Waals surface area contributed by atoms with Crippen molar-refractivity contribution < 1.29 is 19.4 Å². The van der Waals surface area contributed by atoms with Gasteiger partial charge < -0.3 is 14.7 Å². The number of aromatic nitrogens is 2. The van der Waals surface area contributed by atoms with Gasteiger partial charge in [-0.25, -0.2) is 9.97 Å². The molecule has 7 heteroatoms. The van der Waals surface area contributed by atoms with Gasteiger partial charge in [0.05, 0.1) is 19.1 Å². The number of hydrogen-bond donors (Lipinski definition) is 1. The third kappa shape index (κ3) is 4.53. The molecule has 1 fully saturated rings. The smallest absolute Gasteiger partial charge is 0.305 e. The Morgan fingerprint density at radius 2 is 2.15 bits per heavy atom. The number of fused-ring (bicyclic) bond motifs is 2. The van der Waals surface area contributed by atoms with E-state index in [1.165, 1.54) is 0 Å². The number of likely N-dealkylation sites (tertiary alicyclic amines) is 1. The molecule has 3 aromatic rings. The molecule has 1 amide bonds. The van der Waals surface area contributed by atoms with Gasteiger partial charge in [-0.1, -0.05) is 12.1 Å². The standard InChI is InChI=1S/C26H27N3O4/c30-24(31)16-22(20-7-6-17-11-14-33-23(17)15-20)29-13-10-19(26(29)32)3-1-5-21-9-8-18-4-2-12-27-25(18)28-21/h2,4,6-9,12,15,19,22H,1,3,5,10-11,13-14,16H2,(H,30,31). The van der Waals surface area contributed by atoms with Crippen LogP contribution in [0.15, 0.2) is 48.7 Å². The Morgan fingerprint density at radius 1 is 1.24 bits per heavy atom. The molecular weight excluding hydrogens is 418 g/mol. The number of hydrogen-bond acceptors (Lipinski definition) is 5. The zero-order valence-corrected chi connectivity index (χ0v) is 18.4. The number of benzene rings is 1. The molecule has 2 atom stereocenters. The van der Waals surface area contributed by atoms with Crippen molar-refractivity contribution >= 4 is 22.9 Å². The number of ether oxygens (including phenoxy) is 1. The maximum absolute atomic E-state index is 13.2. The monoisotopic (exact) mass is 445 g/mol. The van der Waals surface area contributed by atoms with Gasteiger partial charge in [0, 0.05) is 36.2 Å². The lowest BCUT2D eigenvalue weighted by molar-refractivity contribution is -0.140.